The highest BCUT2D eigenvalue weighted by Gasteiger charge is 2.18. The Hall–Kier alpha value is -4.14. The second kappa shape index (κ2) is 13.5. The van der Waals surface area contributed by atoms with E-state index in [0.717, 1.165) is 12.8 Å². The van der Waals surface area contributed by atoms with Gasteiger partial charge in [-0.25, -0.2) is 4.98 Å². The van der Waals surface area contributed by atoms with Crippen LogP contribution in [0.1, 0.15) is 54.5 Å². The summed E-state index contributed by atoms with van der Waals surface area (Å²) in [5, 5.41) is 13.6. The van der Waals surface area contributed by atoms with Crippen molar-refractivity contribution in [2.45, 2.75) is 33.6 Å². The molecule has 1 aromatic carbocycles. The first-order valence-electron chi connectivity index (χ1n) is 11.1. The van der Waals surface area contributed by atoms with Gasteiger partial charge >= 0.3 is 5.97 Å². The fourth-order valence-electron chi connectivity index (χ4n) is 2.94. The molecule has 1 heterocycles. The maximum atomic E-state index is 12.6. The van der Waals surface area contributed by atoms with Crippen LogP contribution < -0.4 is 20.1 Å². The van der Waals surface area contributed by atoms with E-state index in [4.69, 9.17) is 14.6 Å². The lowest BCUT2D eigenvalue weighted by Crippen LogP contribution is -2.30. The Morgan fingerprint density at radius 1 is 1.06 bits per heavy atom. The molecule has 0 radical (unpaired) electrons. The molecule has 9 nitrogen and oxygen atoms in total. The van der Waals surface area contributed by atoms with Crippen LogP contribution in [-0.2, 0) is 4.79 Å². The van der Waals surface area contributed by atoms with Crippen molar-refractivity contribution in [3.05, 3.63) is 71.1 Å². The summed E-state index contributed by atoms with van der Waals surface area (Å²) in [5.41, 5.74) is 3.19. The minimum Gasteiger partial charge on any atom is -0.494 e. The van der Waals surface area contributed by atoms with Gasteiger partial charge in [-0.2, -0.15) is 0 Å². The van der Waals surface area contributed by atoms with Crippen LogP contribution in [0.3, 0.4) is 0 Å². The molecule has 186 valence electrons. The summed E-state index contributed by atoms with van der Waals surface area (Å²) < 4.78 is 10.9. The predicted molar refractivity (Wildman–Crippen MR) is 133 cm³/mol. The van der Waals surface area contributed by atoms with Crippen molar-refractivity contribution >= 4 is 23.5 Å². The lowest BCUT2D eigenvalue weighted by atomic mass is 10.1. The summed E-state index contributed by atoms with van der Waals surface area (Å²) in [6.07, 6.45) is 7.50. The molecule has 0 unspecified atom stereocenters. The minimum absolute atomic E-state index is 0.0495. The molecule has 0 spiro atoms. The Balaban J connectivity index is 1.94. The number of aliphatic carboxylic acids is 1. The number of carboxylic acids is 1. The minimum atomic E-state index is -1.19. The van der Waals surface area contributed by atoms with Crippen molar-refractivity contribution in [2.24, 2.45) is 0 Å². The van der Waals surface area contributed by atoms with E-state index in [1.165, 1.54) is 30.5 Å². The molecule has 0 aliphatic carbocycles. The lowest BCUT2D eigenvalue weighted by Gasteiger charge is -2.10. The standard InChI is InChI=1S/C26H31N3O6/c1-17(2)6-5-7-18(3)12-13-35-21-10-8-20(9-11-21)29-25(32)19-14-22(34-4)24(27-15-19)26(33)28-16-23(30)31/h6,8-12,14-15H,5,7,13,16H2,1-4H3,(H,28,33)(H,29,32)(H,30,31)/b18-12+. The first-order chi connectivity index (χ1) is 16.7. The van der Waals surface area contributed by atoms with Gasteiger partial charge < -0.3 is 25.2 Å². The van der Waals surface area contributed by atoms with Crippen LogP contribution in [0.5, 0.6) is 11.5 Å². The number of benzene rings is 1. The van der Waals surface area contributed by atoms with Crippen LogP contribution in [0, 0.1) is 0 Å². The number of nitrogens with zero attached hydrogens (tertiary/aromatic N) is 1. The summed E-state index contributed by atoms with van der Waals surface area (Å²) in [4.78, 5) is 39.3. The second-order valence-electron chi connectivity index (χ2n) is 8.01. The van der Waals surface area contributed by atoms with E-state index in [1.807, 2.05) is 0 Å². The fraction of sp³-hybridized carbons (Fsp3) is 0.308. The quantitative estimate of drug-likeness (QED) is 0.387. The summed E-state index contributed by atoms with van der Waals surface area (Å²) in [6, 6.07) is 8.32. The van der Waals surface area contributed by atoms with Crippen LogP contribution in [-0.4, -0.2) is 48.1 Å². The number of carbonyl (C=O) groups excluding carboxylic acids is 2. The van der Waals surface area contributed by atoms with E-state index in [2.05, 4.69) is 48.5 Å². The highest BCUT2D eigenvalue weighted by atomic mass is 16.5. The van der Waals surface area contributed by atoms with E-state index in [0.29, 0.717) is 18.0 Å². The highest BCUT2D eigenvalue weighted by molar-refractivity contribution is 6.05. The summed E-state index contributed by atoms with van der Waals surface area (Å²) >= 11 is 0. The van der Waals surface area contributed by atoms with Gasteiger partial charge in [-0.1, -0.05) is 17.2 Å². The Morgan fingerprint density at radius 3 is 2.40 bits per heavy atom. The maximum Gasteiger partial charge on any atom is 0.322 e. The van der Waals surface area contributed by atoms with Crippen LogP contribution in [0.25, 0.3) is 0 Å². The molecular weight excluding hydrogens is 450 g/mol. The van der Waals surface area contributed by atoms with Crippen LogP contribution in [0.15, 0.2) is 59.8 Å². The number of carbonyl (C=O) groups is 3. The van der Waals surface area contributed by atoms with Crippen molar-refractivity contribution in [2.75, 3.05) is 25.6 Å². The smallest absolute Gasteiger partial charge is 0.322 e. The molecule has 0 saturated heterocycles. The molecule has 35 heavy (non-hydrogen) atoms. The van der Waals surface area contributed by atoms with Crippen molar-refractivity contribution in [1.29, 1.82) is 0 Å². The lowest BCUT2D eigenvalue weighted by molar-refractivity contribution is -0.135. The number of carboxylic acid groups (broad SMARTS) is 1. The average molecular weight is 482 g/mol. The second-order valence-corrected chi connectivity index (χ2v) is 8.01. The summed E-state index contributed by atoms with van der Waals surface area (Å²) in [6.45, 7) is 6.16. The zero-order chi connectivity index (χ0) is 25.8. The van der Waals surface area contributed by atoms with Gasteiger partial charge in [0.2, 0.25) is 0 Å². The van der Waals surface area contributed by atoms with E-state index >= 15 is 0 Å². The fourth-order valence-corrected chi connectivity index (χ4v) is 2.94. The molecule has 0 atom stereocenters. The number of methoxy groups -OCH3 is 1. The number of aromatic nitrogens is 1. The highest BCUT2D eigenvalue weighted by Crippen LogP contribution is 2.20. The molecule has 0 bridgehead atoms. The Morgan fingerprint density at radius 2 is 1.77 bits per heavy atom. The zero-order valence-electron chi connectivity index (χ0n) is 20.4. The van der Waals surface area contributed by atoms with Crippen molar-refractivity contribution in [3.63, 3.8) is 0 Å². The molecule has 3 N–H and O–H groups in total. The molecule has 2 aromatic rings. The number of nitrogens with one attached hydrogen (secondary N) is 2. The summed E-state index contributed by atoms with van der Waals surface area (Å²) in [7, 11) is 1.32. The van der Waals surface area contributed by atoms with Gasteiger partial charge in [-0.15, -0.1) is 0 Å². The average Bonchev–Trinajstić information content (AvgIpc) is 2.82. The molecule has 0 saturated carbocycles. The first kappa shape index (κ1) is 27.1. The number of anilines is 1. The molecule has 1 aromatic heterocycles. The van der Waals surface area contributed by atoms with Gasteiger partial charge in [0, 0.05) is 11.9 Å². The number of hydrogen-bond acceptors (Lipinski definition) is 6. The third-order valence-electron chi connectivity index (χ3n) is 4.84. The molecule has 2 amide bonds. The van der Waals surface area contributed by atoms with Gasteiger partial charge in [-0.3, -0.25) is 14.4 Å². The van der Waals surface area contributed by atoms with Crippen LogP contribution in [0.2, 0.25) is 0 Å². The topological polar surface area (TPSA) is 127 Å². The molecular formula is C26H31N3O6. The Kier molecular flexibility index (Phi) is 10.5. The molecule has 0 aliphatic heterocycles. The molecule has 9 heteroatoms. The monoisotopic (exact) mass is 481 g/mol. The summed E-state index contributed by atoms with van der Waals surface area (Å²) in [5.74, 6) is -1.63. The number of ether oxygens (including phenoxy) is 2. The van der Waals surface area contributed by atoms with Gasteiger partial charge in [0.25, 0.3) is 11.8 Å². The zero-order valence-corrected chi connectivity index (χ0v) is 20.4. The van der Waals surface area contributed by atoms with Crippen molar-refractivity contribution in [3.8, 4) is 11.5 Å². The van der Waals surface area contributed by atoms with Gasteiger partial charge in [0.1, 0.15) is 18.9 Å². The third kappa shape index (κ3) is 9.32. The van der Waals surface area contributed by atoms with Gasteiger partial charge in [-0.05, 0) is 70.0 Å². The van der Waals surface area contributed by atoms with E-state index in [1.54, 1.807) is 24.3 Å². The Bertz CT molecular complexity index is 1100. The largest absolute Gasteiger partial charge is 0.494 e. The number of amides is 2. The third-order valence-corrected chi connectivity index (χ3v) is 4.84. The van der Waals surface area contributed by atoms with Crippen LogP contribution >= 0.6 is 0 Å². The number of pyridine rings is 1. The van der Waals surface area contributed by atoms with E-state index < -0.39 is 24.3 Å². The van der Waals surface area contributed by atoms with E-state index in [-0.39, 0.29) is 17.0 Å². The molecule has 0 fully saturated rings. The SMILES string of the molecule is COc1cc(C(=O)Nc2ccc(OC/C=C(\C)CCC=C(C)C)cc2)cnc1C(=O)NCC(=O)O. The van der Waals surface area contributed by atoms with E-state index in [9.17, 15) is 14.4 Å². The molecule has 0 aliphatic rings. The van der Waals surface area contributed by atoms with Gasteiger partial charge in [0.15, 0.2) is 11.4 Å². The number of rotatable bonds is 12. The normalized spacial score (nSPS) is 10.8. The van der Waals surface area contributed by atoms with Crippen LogP contribution in [0.4, 0.5) is 5.69 Å². The Labute approximate surface area is 204 Å². The molecule has 2 rings (SSSR count). The first-order valence-corrected chi connectivity index (χ1v) is 11.1. The number of hydrogen-bond donors (Lipinski definition) is 3. The maximum absolute atomic E-state index is 12.6. The van der Waals surface area contributed by atoms with Gasteiger partial charge in [0.05, 0.1) is 12.7 Å². The number of allylic oxidation sites excluding steroid dienone is 3. The van der Waals surface area contributed by atoms with Crippen molar-refractivity contribution < 1.29 is 29.0 Å². The van der Waals surface area contributed by atoms with Crippen molar-refractivity contribution in [1.82, 2.24) is 10.3 Å². The predicted octanol–water partition coefficient (Wildman–Crippen LogP) is 4.23.